The first-order valence-electron chi connectivity index (χ1n) is 47.0. The number of hydrogen-bond acceptors (Lipinski definition) is 17. The molecule has 0 atom stereocenters. The van der Waals surface area contributed by atoms with E-state index in [-0.39, 0.29) is 54.5 Å². The fourth-order valence-electron chi connectivity index (χ4n) is 8.10. The third-order valence-corrected chi connectivity index (χ3v) is 18.0. The Morgan fingerprint density at radius 2 is 0.881 bits per heavy atom. The second-order valence-corrected chi connectivity index (χ2v) is 37.8. The summed E-state index contributed by atoms with van der Waals surface area (Å²) in [4.78, 5) is 13.9. The van der Waals surface area contributed by atoms with Crippen LogP contribution in [0.1, 0.15) is 430 Å². The molecule has 0 amide bonds. The molecule has 11 heterocycles. The van der Waals surface area contributed by atoms with Crippen LogP contribution < -0.4 is 4.90 Å². The van der Waals surface area contributed by atoms with Crippen LogP contribution in [0.5, 0.6) is 0 Å². The lowest BCUT2D eigenvalue weighted by molar-refractivity contribution is 0.312. The third kappa shape index (κ3) is 74.5. The number of aromatic nitrogens is 17. The lowest BCUT2D eigenvalue weighted by Crippen LogP contribution is -2.44. The van der Waals surface area contributed by atoms with Crippen LogP contribution in [-0.4, -0.2) is 95.8 Å². The van der Waals surface area contributed by atoms with Gasteiger partial charge in [0.05, 0.1) is 46.6 Å². The van der Waals surface area contributed by atoms with E-state index in [4.69, 9.17) is 0 Å². The number of hydrogen-bond donors (Lipinski definition) is 3. The van der Waals surface area contributed by atoms with Gasteiger partial charge in [-0.3, -0.25) is 25.0 Å². The molecule has 730 valence electrons. The number of anilines is 1. The Bertz CT molecular complexity index is 3210. The zero-order valence-corrected chi connectivity index (χ0v) is 95.2. The van der Waals surface area contributed by atoms with Gasteiger partial charge >= 0.3 is 0 Å². The Morgan fingerprint density at radius 3 is 1.12 bits per heavy atom. The zero-order chi connectivity index (χ0) is 101. The van der Waals surface area contributed by atoms with E-state index < -0.39 is 0 Å². The normalized spacial score (nSPS) is 10.5. The summed E-state index contributed by atoms with van der Waals surface area (Å²) in [6, 6.07) is 22.3. The fraction of sp³-hybridized carbons (Fsp3) is 0.654. The highest BCUT2D eigenvalue weighted by Gasteiger charge is 2.28. The van der Waals surface area contributed by atoms with Crippen molar-refractivity contribution < 1.29 is 0 Å². The predicted octanol–water partition coefficient (Wildman–Crippen LogP) is 33.9. The summed E-state index contributed by atoms with van der Waals surface area (Å²) in [5.41, 5.74) is 10.6. The van der Waals surface area contributed by atoms with Crippen LogP contribution in [0.3, 0.4) is 0 Å². The Morgan fingerprint density at radius 1 is 0.373 bits per heavy atom. The molecule has 18 nitrogen and oxygen atoms in total. The SMILES string of the molecule is CC.CC.CC.CC.CC.CC.CC.CC.CC.CC.CC.CC.CC(C)(C)N1CCCc2cn[nH]c21.CC(C)(C)c1ccccn1.CC(C)(C)c1ccn[nH]1.CC(C)(C)c1ccns1.CC(C)(C)c1cn[nH]c1.CC(C)(C)c1cnsc1.CC(C)(C)c1csnn1.CC(C)(C)c1nccs1.CC(C)(C)n1cccn1.CC(C)(C)n1nccn1.Cc1ccccc1. The minimum Gasteiger partial charge on any atom is -0.352 e. The Balaban J connectivity index is -0.000000125. The van der Waals surface area contributed by atoms with Crippen LogP contribution in [-0.2, 0) is 55.4 Å². The van der Waals surface area contributed by atoms with Gasteiger partial charge in [0.2, 0.25) is 0 Å². The van der Waals surface area contributed by atoms with Crippen LogP contribution in [0, 0.1) is 6.92 Å². The molecule has 11 aromatic rings. The summed E-state index contributed by atoms with van der Waals surface area (Å²) >= 11 is 6.22. The lowest BCUT2D eigenvalue weighted by atomic mass is 9.90. The maximum Gasteiger partial charge on any atom is 0.127 e. The predicted molar refractivity (Wildman–Crippen MR) is 572 cm³/mol. The number of aromatic amines is 3. The van der Waals surface area contributed by atoms with E-state index in [1.165, 1.54) is 79.6 Å². The molecule has 0 unspecified atom stereocenters. The largest absolute Gasteiger partial charge is 0.352 e. The van der Waals surface area contributed by atoms with Crippen molar-refractivity contribution >= 4 is 51.8 Å². The molecule has 0 bridgehead atoms. The zero-order valence-electron chi connectivity index (χ0n) is 92.0. The summed E-state index contributed by atoms with van der Waals surface area (Å²) < 4.78 is 13.8. The van der Waals surface area contributed by atoms with E-state index >= 15 is 0 Å². The van der Waals surface area contributed by atoms with Gasteiger partial charge in [0.25, 0.3) is 0 Å². The van der Waals surface area contributed by atoms with Crippen molar-refractivity contribution in [3.63, 3.8) is 0 Å². The minimum atomic E-state index is 0.0174. The third-order valence-electron chi connectivity index (χ3n) is 14.5. The van der Waals surface area contributed by atoms with Gasteiger partial charge in [-0.25, -0.2) is 13.7 Å². The smallest absolute Gasteiger partial charge is 0.127 e. The van der Waals surface area contributed by atoms with Gasteiger partial charge in [0.15, 0.2) is 0 Å². The quantitative estimate of drug-likeness (QED) is 0.129. The molecule has 0 fully saturated rings. The van der Waals surface area contributed by atoms with E-state index in [2.05, 4.69) is 323 Å². The summed E-state index contributed by atoms with van der Waals surface area (Å²) in [7, 11) is 0. The van der Waals surface area contributed by atoms with Gasteiger partial charge in [-0.15, -0.1) is 16.4 Å². The molecule has 0 spiro atoms. The molecule has 12 rings (SSSR count). The molecular weight excluding hydrogens is 1630 g/mol. The summed E-state index contributed by atoms with van der Waals surface area (Å²) in [6.45, 7) is 116. The number of pyridine rings is 1. The summed E-state index contributed by atoms with van der Waals surface area (Å²) in [5, 5.41) is 44.0. The van der Waals surface area contributed by atoms with Gasteiger partial charge in [0.1, 0.15) is 5.82 Å². The van der Waals surface area contributed by atoms with Gasteiger partial charge < -0.3 is 4.90 Å². The van der Waals surface area contributed by atoms with Crippen molar-refractivity contribution in [1.82, 2.24) is 83.7 Å². The Labute approximate surface area is 796 Å². The molecule has 1 aliphatic rings. The molecule has 10 aromatic heterocycles. The highest BCUT2D eigenvalue weighted by Crippen LogP contribution is 2.31. The van der Waals surface area contributed by atoms with E-state index in [1.54, 1.807) is 52.5 Å². The number of nitrogens with zero attached hydrogens (tertiary/aromatic N) is 15. The Hall–Kier alpha value is -7.40. The maximum absolute atomic E-state index is 4.25. The fourth-order valence-corrected chi connectivity index (χ4v) is 10.9. The number of H-pyrrole nitrogens is 3. The van der Waals surface area contributed by atoms with Crippen LogP contribution >= 0.6 is 45.9 Å². The first-order valence-corrected chi connectivity index (χ1v) is 50.3. The van der Waals surface area contributed by atoms with E-state index in [0.717, 1.165) is 17.9 Å². The molecule has 0 radical (unpaired) electrons. The van der Waals surface area contributed by atoms with E-state index in [1.807, 2.05) is 274 Å². The van der Waals surface area contributed by atoms with Gasteiger partial charge in [0, 0.05) is 121 Å². The highest BCUT2D eigenvalue weighted by molar-refractivity contribution is 7.09. The average Bonchev–Trinajstić information content (AvgIpc) is 1.64. The van der Waals surface area contributed by atoms with Crippen LogP contribution in [0.2, 0.25) is 0 Å². The van der Waals surface area contributed by atoms with Crippen molar-refractivity contribution in [2.75, 3.05) is 11.4 Å². The molecule has 0 aliphatic carbocycles. The van der Waals surface area contributed by atoms with Crippen LogP contribution in [0.15, 0.2) is 157 Å². The first-order chi connectivity index (χ1) is 58.9. The number of rotatable bonds is 0. The first kappa shape index (κ1) is 142. The van der Waals surface area contributed by atoms with Crippen molar-refractivity contribution in [2.24, 2.45) is 0 Å². The highest BCUT2D eigenvalue weighted by atomic mass is 32.1. The number of thiazole rings is 1. The number of fused-ring (bicyclic) bond motifs is 1. The molecule has 1 aromatic carbocycles. The van der Waals surface area contributed by atoms with Crippen molar-refractivity contribution in [2.45, 2.75) is 448 Å². The van der Waals surface area contributed by atoms with Crippen LogP contribution in [0.25, 0.3) is 0 Å². The maximum atomic E-state index is 4.25. The van der Waals surface area contributed by atoms with Gasteiger partial charge in [-0.2, -0.15) is 35.4 Å². The molecule has 22 heteroatoms. The van der Waals surface area contributed by atoms with Crippen molar-refractivity contribution in [3.05, 3.63) is 206 Å². The second-order valence-electron chi connectivity index (χ2n) is 34.8. The molecule has 3 N–H and O–H groups in total. The number of aryl methyl sites for hydroxylation is 2. The molecular formula is C104H200N18S4. The lowest BCUT2D eigenvalue weighted by Gasteiger charge is -2.39. The minimum absolute atomic E-state index is 0.0174. The average molecular weight is 1830 g/mol. The monoisotopic (exact) mass is 1830 g/mol. The standard InChI is InChI=1S/C10H17N3.C9H13N.3C7H12N2.3C7H11NS.C7H8.C6H11N3.C6H10N2S.12C2H6/c1-10(2,3)13-6-4-5-8-7-11-12-9(8)13;1-9(2,3)8-6-4-5-7-10-8;1-7(2,3)6-4-8-9-5-6;1-7(2,3)9-6-4-5-8-9;1-7(2,3)6-4-5-8-9-6;1-7(2,3)6-4-8-9-5-6;1-7(2,3)6-8-4-5-9-6;1-7(2,3)6-4-5-8-9-6;1-7-5-3-2-4-6-7;1-6(2,3)9-7-4-5-8-9;1-6(2,3)5-4-9-8-7-5;12*1-2/h7H,4-6H2,1-3H3,(H,11,12);4-7H,1-3H3;4-5H,1-3H3,(H,8,9);4-6H,1-3H3;4-5H,1-3H3,(H,8,9);3*4-5H,1-3H3;2-6H,1H3;4-5H,1-3H3;4H,1-3H3;12*1-2H3. The van der Waals surface area contributed by atoms with Gasteiger partial charge in [-0.05, 0) is 174 Å². The topological polar surface area (TPSA) is 215 Å². The van der Waals surface area contributed by atoms with E-state index in [0.29, 0.717) is 0 Å². The molecule has 0 saturated carbocycles. The molecule has 126 heavy (non-hydrogen) atoms. The Kier molecular flexibility index (Phi) is 92.2. The van der Waals surface area contributed by atoms with E-state index in [9.17, 15) is 0 Å². The molecule has 0 saturated heterocycles. The second kappa shape index (κ2) is 82.0. The summed E-state index contributed by atoms with van der Waals surface area (Å²) in [6.07, 6.45) is 24.5. The number of benzene rings is 1. The van der Waals surface area contributed by atoms with Crippen LogP contribution in [0.4, 0.5) is 5.82 Å². The number of nitrogens with one attached hydrogen (secondary N) is 3. The van der Waals surface area contributed by atoms with Gasteiger partial charge in [-0.1, -0.05) is 358 Å². The molecule has 1 aliphatic heterocycles. The van der Waals surface area contributed by atoms with Crippen molar-refractivity contribution in [1.29, 1.82) is 0 Å². The summed E-state index contributed by atoms with van der Waals surface area (Å²) in [5.74, 6) is 1.22. The van der Waals surface area contributed by atoms with Crippen molar-refractivity contribution in [3.8, 4) is 0 Å².